The van der Waals surface area contributed by atoms with Crippen molar-refractivity contribution in [3.8, 4) is 0 Å². The molecular weight excluding hydrogens is 314 g/mol. The van der Waals surface area contributed by atoms with Crippen LogP contribution in [-0.4, -0.2) is 15.7 Å². The molecule has 3 rings (SSSR count). The zero-order valence-electron chi connectivity index (χ0n) is 12.6. The van der Waals surface area contributed by atoms with E-state index in [0.717, 1.165) is 5.56 Å². The van der Waals surface area contributed by atoms with E-state index in [2.05, 4.69) is 10.4 Å². The first-order chi connectivity index (χ1) is 11.0. The summed E-state index contributed by atoms with van der Waals surface area (Å²) >= 11 is 6.05. The number of carbonyl (C=O) groups is 1. The number of fused-ring (bicyclic) bond motifs is 1. The summed E-state index contributed by atoms with van der Waals surface area (Å²) in [7, 11) is 1.70. The van der Waals surface area contributed by atoms with Gasteiger partial charge >= 0.3 is 0 Å². The van der Waals surface area contributed by atoms with E-state index in [9.17, 15) is 9.59 Å². The van der Waals surface area contributed by atoms with Gasteiger partial charge in [0.15, 0.2) is 5.69 Å². The van der Waals surface area contributed by atoms with Crippen LogP contribution in [0.15, 0.2) is 47.3 Å². The van der Waals surface area contributed by atoms with Gasteiger partial charge < -0.3 is 5.32 Å². The molecule has 3 aromatic rings. The molecule has 0 saturated carbocycles. The molecule has 2 aromatic carbocycles. The van der Waals surface area contributed by atoms with Crippen LogP contribution in [0.5, 0.6) is 0 Å². The number of hydrogen-bond acceptors (Lipinski definition) is 3. The average Bonchev–Trinajstić information content (AvgIpc) is 2.55. The van der Waals surface area contributed by atoms with Crippen molar-refractivity contribution in [3.05, 3.63) is 69.0 Å². The van der Waals surface area contributed by atoms with Gasteiger partial charge in [0.25, 0.3) is 5.91 Å². The Balaban J connectivity index is 2.07. The molecule has 5 nitrogen and oxygen atoms in total. The van der Waals surface area contributed by atoms with E-state index in [1.165, 1.54) is 4.68 Å². The monoisotopic (exact) mass is 327 g/mol. The molecule has 1 aromatic heterocycles. The number of aryl methyl sites for hydroxylation is 1. The molecule has 0 saturated heterocycles. The van der Waals surface area contributed by atoms with E-state index in [1.807, 2.05) is 6.07 Å². The SMILES string of the molecule is Cc1c(Cl)cccc1NC(=O)c1nn(C)c2ccccc2c1=O. The summed E-state index contributed by atoms with van der Waals surface area (Å²) in [6.07, 6.45) is 0. The van der Waals surface area contributed by atoms with Crippen LogP contribution in [0.1, 0.15) is 16.1 Å². The quantitative estimate of drug-likeness (QED) is 0.786. The summed E-state index contributed by atoms with van der Waals surface area (Å²) < 4.78 is 1.52. The third kappa shape index (κ3) is 2.71. The van der Waals surface area contributed by atoms with Crippen LogP contribution >= 0.6 is 11.6 Å². The Hall–Kier alpha value is -2.66. The van der Waals surface area contributed by atoms with Gasteiger partial charge in [-0.05, 0) is 36.8 Å². The fourth-order valence-corrected chi connectivity index (χ4v) is 2.57. The third-order valence-corrected chi connectivity index (χ3v) is 4.10. The predicted molar refractivity (Wildman–Crippen MR) is 91.1 cm³/mol. The first-order valence-electron chi connectivity index (χ1n) is 7.01. The van der Waals surface area contributed by atoms with Gasteiger partial charge in [0.2, 0.25) is 5.43 Å². The van der Waals surface area contributed by atoms with Crippen LogP contribution < -0.4 is 10.7 Å². The zero-order valence-corrected chi connectivity index (χ0v) is 13.4. The Morgan fingerprint density at radius 3 is 2.70 bits per heavy atom. The molecule has 0 spiro atoms. The van der Waals surface area contributed by atoms with Gasteiger partial charge in [0.1, 0.15) is 0 Å². The second kappa shape index (κ2) is 5.85. The molecule has 1 heterocycles. The lowest BCUT2D eigenvalue weighted by Crippen LogP contribution is -2.26. The summed E-state index contributed by atoms with van der Waals surface area (Å²) in [6, 6.07) is 12.2. The van der Waals surface area contributed by atoms with E-state index in [0.29, 0.717) is 21.6 Å². The normalized spacial score (nSPS) is 10.7. The van der Waals surface area contributed by atoms with Crippen molar-refractivity contribution in [3.63, 3.8) is 0 Å². The highest BCUT2D eigenvalue weighted by Crippen LogP contribution is 2.23. The number of rotatable bonds is 2. The predicted octanol–water partition coefficient (Wildman–Crippen LogP) is 3.15. The fourth-order valence-electron chi connectivity index (χ4n) is 2.40. The van der Waals surface area contributed by atoms with Gasteiger partial charge in [-0.25, -0.2) is 0 Å². The summed E-state index contributed by atoms with van der Waals surface area (Å²) in [6.45, 7) is 1.80. The number of nitrogens with one attached hydrogen (secondary N) is 1. The molecule has 1 amide bonds. The Bertz CT molecular complexity index is 979. The molecule has 6 heteroatoms. The molecular formula is C17H14ClN3O2. The topological polar surface area (TPSA) is 64.0 Å². The highest BCUT2D eigenvalue weighted by Gasteiger charge is 2.17. The standard InChI is InChI=1S/C17H14ClN3O2/c1-10-12(18)7-5-8-13(10)19-17(23)15-16(22)11-6-3-4-9-14(11)21(2)20-15/h3-9H,1-2H3,(H,19,23). The van der Waals surface area contributed by atoms with Crippen LogP contribution in [-0.2, 0) is 7.05 Å². The molecule has 1 N–H and O–H groups in total. The number of para-hydroxylation sites is 1. The minimum atomic E-state index is -0.554. The maximum absolute atomic E-state index is 12.5. The second-order valence-corrected chi connectivity index (χ2v) is 5.59. The Kier molecular flexibility index (Phi) is 3.88. The molecule has 23 heavy (non-hydrogen) atoms. The van der Waals surface area contributed by atoms with Gasteiger partial charge in [-0.15, -0.1) is 0 Å². The molecule has 0 unspecified atom stereocenters. The van der Waals surface area contributed by atoms with E-state index < -0.39 is 11.3 Å². The van der Waals surface area contributed by atoms with Crippen LogP contribution in [0, 0.1) is 6.92 Å². The van der Waals surface area contributed by atoms with Crippen molar-refractivity contribution in [2.24, 2.45) is 7.05 Å². The zero-order chi connectivity index (χ0) is 16.6. The van der Waals surface area contributed by atoms with Gasteiger partial charge in [0, 0.05) is 23.1 Å². The lowest BCUT2D eigenvalue weighted by molar-refractivity contribution is 0.101. The smallest absolute Gasteiger partial charge is 0.280 e. The molecule has 0 aliphatic heterocycles. The van der Waals surface area contributed by atoms with Crippen molar-refractivity contribution in [2.75, 3.05) is 5.32 Å². The maximum Gasteiger partial charge on any atom is 0.280 e. The van der Waals surface area contributed by atoms with Crippen LogP contribution in [0.3, 0.4) is 0 Å². The van der Waals surface area contributed by atoms with E-state index >= 15 is 0 Å². The van der Waals surface area contributed by atoms with Crippen LogP contribution in [0.2, 0.25) is 5.02 Å². The van der Waals surface area contributed by atoms with Crippen molar-refractivity contribution >= 4 is 34.1 Å². The number of nitrogens with zero attached hydrogens (tertiary/aromatic N) is 2. The average molecular weight is 328 g/mol. The molecule has 116 valence electrons. The van der Waals surface area contributed by atoms with E-state index in [-0.39, 0.29) is 5.69 Å². The molecule has 0 atom stereocenters. The number of halogens is 1. The molecule has 0 aliphatic carbocycles. The van der Waals surface area contributed by atoms with Crippen molar-refractivity contribution in [1.82, 2.24) is 9.78 Å². The van der Waals surface area contributed by atoms with Crippen molar-refractivity contribution in [1.29, 1.82) is 0 Å². The van der Waals surface area contributed by atoms with E-state index in [4.69, 9.17) is 11.6 Å². The molecule has 0 fully saturated rings. The summed E-state index contributed by atoms with van der Waals surface area (Å²) in [5.74, 6) is -0.554. The first kappa shape index (κ1) is 15.2. The van der Waals surface area contributed by atoms with Crippen molar-refractivity contribution < 1.29 is 4.79 Å². The summed E-state index contributed by atoms with van der Waals surface area (Å²) in [5.41, 5.74) is 1.43. The van der Waals surface area contributed by atoms with E-state index in [1.54, 1.807) is 50.4 Å². The highest BCUT2D eigenvalue weighted by atomic mass is 35.5. The van der Waals surface area contributed by atoms with Gasteiger partial charge in [-0.2, -0.15) is 5.10 Å². The van der Waals surface area contributed by atoms with Crippen LogP contribution in [0.4, 0.5) is 5.69 Å². The number of anilines is 1. The number of hydrogen-bond donors (Lipinski definition) is 1. The number of benzene rings is 2. The highest BCUT2D eigenvalue weighted by molar-refractivity contribution is 6.31. The number of carbonyl (C=O) groups excluding carboxylic acids is 1. The maximum atomic E-state index is 12.5. The Labute approximate surface area is 137 Å². The number of amides is 1. The minimum absolute atomic E-state index is 0.148. The lowest BCUT2D eigenvalue weighted by atomic mass is 10.1. The molecule has 0 radical (unpaired) electrons. The second-order valence-electron chi connectivity index (χ2n) is 5.19. The summed E-state index contributed by atoms with van der Waals surface area (Å²) in [5, 5.41) is 7.81. The lowest BCUT2D eigenvalue weighted by Gasteiger charge is -2.10. The third-order valence-electron chi connectivity index (χ3n) is 3.69. The number of aromatic nitrogens is 2. The molecule has 0 aliphatic rings. The van der Waals surface area contributed by atoms with Crippen LogP contribution in [0.25, 0.3) is 10.9 Å². The van der Waals surface area contributed by atoms with Gasteiger partial charge in [-0.3, -0.25) is 14.3 Å². The summed E-state index contributed by atoms with van der Waals surface area (Å²) in [4.78, 5) is 25.0. The minimum Gasteiger partial charge on any atom is -0.320 e. The molecule has 0 bridgehead atoms. The largest absolute Gasteiger partial charge is 0.320 e. The Morgan fingerprint density at radius 1 is 1.17 bits per heavy atom. The van der Waals surface area contributed by atoms with Gasteiger partial charge in [-0.1, -0.05) is 29.8 Å². The Morgan fingerprint density at radius 2 is 1.91 bits per heavy atom. The first-order valence-corrected chi connectivity index (χ1v) is 7.39. The van der Waals surface area contributed by atoms with Crippen molar-refractivity contribution in [2.45, 2.75) is 6.92 Å². The fraction of sp³-hybridized carbons (Fsp3) is 0.118. The van der Waals surface area contributed by atoms with Gasteiger partial charge in [0.05, 0.1) is 5.52 Å².